The molecule has 5 heteroatoms. The molecule has 0 aliphatic carbocycles. The fourth-order valence-corrected chi connectivity index (χ4v) is 4.25. The van der Waals surface area contributed by atoms with Crippen molar-refractivity contribution in [3.05, 3.63) is 54.2 Å². The van der Waals surface area contributed by atoms with Gasteiger partial charge in [0.05, 0.1) is 0 Å². The minimum Gasteiger partial charge on any atom is -0.355 e. The molecule has 2 aliphatic heterocycles. The topological polar surface area (TPSA) is 49.3 Å². The van der Waals surface area contributed by atoms with Crippen LogP contribution < -0.4 is 4.90 Å². The molecule has 3 heterocycles. The molecule has 2 saturated heterocycles. The third kappa shape index (κ3) is 3.50. The summed E-state index contributed by atoms with van der Waals surface area (Å²) in [4.78, 5) is 16.9. The van der Waals surface area contributed by atoms with E-state index in [0.29, 0.717) is 13.0 Å². The minimum atomic E-state index is 0.179. The highest BCUT2D eigenvalue weighted by Gasteiger charge is 2.42. The van der Waals surface area contributed by atoms with E-state index in [9.17, 15) is 4.79 Å². The molecule has 0 N–H and O–H groups in total. The average molecular weight is 336 g/mol. The molecule has 5 nitrogen and oxygen atoms in total. The van der Waals surface area contributed by atoms with Gasteiger partial charge >= 0.3 is 0 Å². The lowest BCUT2D eigenvalue weighted by Crippen LogP contribution is -2.54. The molecule has 1 amide bonds. The summed E-state index contributed by atoms with van der Waals surface area (Å²) in [6.07, 6.45) is 5.67. The second kappa shape index (κ2) is 6.82. The van der Waals surface area contributed by atoms with E-state index >= 15 is 0 Å². The Labute approximate surface area is 148 Å². The molecule has 0 bridgehead atoms. The van der Waals surface area contributed by atoms with E-state index in [4.69, 9.17) is 0 Å². The van der Waals surface area contributed by atoms with Gasteiger partial charge in [-0.05, 0) is 37.0 Å². The molecule has 0 radical (unpaired) electrons. The third-order valence-corrected chi connectivity index (χ3v) is 5.51. The summed E-state index contributed by atoms with van der Waals surface area (Å²) < 4.78 is 0. The first-order valence-electron chi connectivity index (χ1n) is 9.09. The van der Waals surface area contributed by atoms with Crippen LogP contribution in [-0.2, 0) is 11.3 Å². The highest BCUT2D eigenvalue weighted by Crippen LogP contribution is 2.40. The second-order valence-corrected chi connectivity index (χ2v) is 7.34. The SMILES string of the molecule is O=C1CC[C@@]2(CCCN(c3cccnn3)C2)CN1Cc1ccccc1. The van der Waals surface area contributed by atoms with Crippen molar-refractivity contribution in [2.24, 2.45) is 5.41 Å². The van der Waals surface area contributed by atoms with Crippen LogP contribution in [0, 0.1) is 5.41 Å². The summed E-state index contributed by atoms with van der Waals surface area (Å²) in [7, 11) is 0. The zero-order valence-corrected chi connectivity index (χ0v) is 14.5. The fraction of sp³-hybridized carbons (Fsp3) is 0.450. The van der Waals surface area contributed by atoms with E-state index in [2.05, 4.69) is 32.1 Å². The zero-order valence-electron chi connectivity index (χ0n) is 14.5. The Hall–Kier alpha value is -2.43. The number of hydrogen-bond acceptors (Lipinski definition) is 4. The first-order valence-corrected chi connectivity index (χ1v) is 9.09. The van der Waals surface area contributed by atoms with Crippen LogP contribution in [0.2, 0.25) is 0 Å². The highest BCUT2D eigenvalue weighted by atomic mass is 16.2. The summed E-state index contributed by atoms with van der Waals surface area (Å²) in [5, 5.41) is 8.30. The van der Waals surface area contributed by atoms with Gasteiger partial charge in [-0.25, -0.2) is 0 Å². The number of carbonyl (C=O) groups is 1. The van der Waals surface area contributed by atoms with Gasteiger partial charge in [0.25, 0.3) is 0 Å². The summed E-state index contributed by atoms with van der Waals surface area (Å²) in [5.41, 5.74) is 1.38. The van der Waals surface area contributed by atoms with Gasteiger partial charge in [-0.1, -0.05) is 30.3 Å². The van der Waals surface area contributed by atoms with Crippen LogP contribution in [0.3, 0.4) is 0 Å². The van der Waals surface area contributed by atoms with Crippen LogP contribution in [0.15, 0.2) is 48.7 Å². The Morgan fingerprint density at radius 3 is 2.72 bits per heavy atom. The normalized spacial score (nSPS) is 23.9. The Morgan fingerprint density at radius 2 is 1.92 bits per heavy atom. The van der Waals surface area contributed by atoms with E-state index < -0.39 is 0 Å². The molecule has 130 valence electrons. The van der Waals surface area contributed by atoms with Crippen molar-refractivity contribution in [2.45, 2.75) is 32.2 Å². The Morgan fingerprint density at radius 1 is 1.04 bits per heavy atom. The lowest BCUT2D eigenvalue weighted by Gasteiger charge is -2.48. The largest absolute Gasteiger partial charge is 0.355 e. The van der Waals surface area contributed by atoms with Crippen molar-refractivity contribution in [3.8, 4) is 0 Å². The number of likely N-dealkylation sites (tertiary alicyclic amines) is 1. The first-order chi connectivity index (χ1) is 12.2. The number of carbonyl (C=O) groups excluding carboxylic acids is 1. The highest BCUT2D eigenvalue weighted by molar-refractivity contribution is 5.77. The molecule has 1 atom stereocenters. The number of amides is 1. The van der Waals surface area contributed by atoms with Gasteiger partial charge in [-0.2, -0.15) is 5.10 Å². The fourth-order valence-electron chi connectivity index (χ4n) is 4.25. The van der Waals surface area contributed by atoms with Crippen LogP contribution in [-0.4, -0.2) is 40.6 Å². The van der Waals surface area contributed by atoms with Crippen LogP contribution >= 0.6 is 0 Å². The summed E-state index contributed by atoms with van der Waals surface area (Å²) in [5.74, 6) is 1.24. The average Bonchev–Trinajstić information content (AvgIpc) is 2.67. The number of rotatable bonds is 3. The van der Waals surface area contributed by atoms with Gasteiger partial charge in [0.1, 0.15) is 0 Å². The van der Waals surface area contributed by atoms with Crippen molar-refractivity contribution in [2.75, 3.05) is 24.5 Å². The van der Waals surface area contributed by atoms with Crippen LogP contribution in [0.4, 0.5) is 5.82 Å². The maximum atomic E-state index is 12.5. The van der Waals surface area contributed by atoms with Crippen molar-refractivity contribution in [1.29, 1.82) is 0 Å². The van der Waals surface area contributed by atoms with Crippen LogP contribution in [0.25, 0.3) is 0 Å². The number of piperidine rings is 2. The van der Waals surface area contributed by atoms with Crippen molar-refractivity contribution >= 4 is 11.7 Å². The van der Waals surface area contributed by atoms with Gasteiger partial charge < -0.3 is 9.80 Å². The van der Waals surface area contributed by atoms with E-state index in [-0.39, 0.29) is 11.3 Å². The van der Waals surface area contributed by atoms with Gasteiger partial charge in [-0.3, -0.25) is 4.79 Å². The Bertz CT molecular complexity index is 721. The monoisotopic (exact) mass is 336 g/mol. The minimum absolute atomic E-state index is 0.179. The number of anilines is 1. The van der Waals surface area contributed by atoms with Crippen molar-refractivity contribution in [3.63, 3.8) is 0 Å². The molecule has 2 fully saturated rings. The van der Waals surface area contributed by atoms with Gasteiger partial charge in [0.2, 0.25) is 5.91 Å². The predicted octanol–water partition coefficient (Wildman–Crippen LogP) is 2.89. The molecular formula is C20H24N4O. The standard InChI is InChI=1S/C20H24N4O/c25-19-9-11-20(16-24(19)14-17-6-2-1-3-7-17)10-5-13-23(15-20)18-8-4-12-21-22-18/h1-4,6-8,12H,5,9-11,13-16H2/t20-/m1/s1. The number of aromatic nitrogens is 2. The molecule has 1 spiro atoms. The second-order valence-electron chi connectivity index (χ2n) is 7.34. The van der Waals surface area contributed by atoms with Crippen molar-refractivity contribution in [1.82, 2.24) is 15.1 Å². The lowest BCUT2D eigenvalue weighted by molar-refractivity contribution is -0.138. The number of benzene rings is 1. The lowest BCUT2D eigenvalue weighted by atomic mass is 9.73. The molecule has 1 aromatic heterocycles. The maximum absolute atomic E-state index is 12.5. The van der Waals surface area contributed by atoms with Gasteiger partial charge in [0.15, 0.2) is 5.82 Å². The molecule has 2 aliphatic rings. The quantitative estimate of drug-likeness (QED) is 0.865. The summed E-state index contributed by atoms with van der Waals surface area (Å²) >= 11 is 0. The predicted molar refractivity (Wildman–Crippen MR) is 97.0 cm³/mol. The maximum Gasteiger partial charge on any atom is 0.222 e. The molecular weight excluding hydrogens is 312 g/mol. The Kier molecular flexibility index (Phi) is 4.38. The van der Waals surface area contributed by atoms with Crippen LogP contribution in [0.1, 0.15) is 31.2 Å². The van der Waals surface area contributed by atoms with E-state index in [1.54, 1.807) is 6.20 Å². The van der Waals surface area contributed by atoms with Crippen molar-refractivity contribution < 1.29 is 4.79 Å². The Balaban J connectivity index is 1.50. The van der Waals surface area contributed by atoms with E-state index in [1.165, 1.54) is 12.0 Å². The molecule has 2 aromatic rings. The third-order valence-electron chi connectivity index (χ3n) is 5.51. The number of hydrogen-bond donors (Lipinski definition) is 0. The number of nitrogens with zero attached hydrogens (tertiary/aromatic N) is 4. The van der Waals surface area contributed by atoms with Gasteiger partial charge in [-0.15, -0.1) is 5.10 Å². The van der Waals surface area contributed by atoms with Gasteiger partial charge in [0, 0.05) is 44.2 Å². The molecule has 0 unspecified atom stereocenters. The van der Waals surface area contributed by atoms with E-state index in [1.807, 2.05) is 30.3 Å². The summed E-state index contributed by atoms with van der Waals surface area (Å²) in [6, 6.07) is 14.3. The van der Waals surface area contributed by atoms with Crippen LogP contribution in [0.5, 0.6) is 0 Å². The molecule has 1 aromatic carbocycles. The molecule has 0 saturated carbocycles. The molecule has 4 rings (SSSR count). The first kappa shape index (κ1) is 16.1. The molecule has 25 heavy (non-hydrogen) atoms. The smallest absolute Gasteiger partial charge is 0.222 e. The zero-order chi connectivity index (χ0) is 17.1. The summed E-state index contributed by atoms with van der Waals surface area (Å²) in [6.45, 7) is 3.54. The van der Waals surface area contributed by atoms with E-state index in [0.717, 1.165) is 38.3 Å².